The number of halogens is 1. The molecule has 6 rings (SSSR count). The fraction of sp³-hybridized carbons (Fsp3) is 0.133. The van der Waals surface area contributed by atoms with Gasteiger partial charge in [0.1, 0.15) is 29.4 Å². The second kappa shape index (κ2) is 9.25. The number of aryl methyl sites for hydroxylation is 1. The number of hydroxylamine groups is 1. The quantitative estimate of drug-likeness (QED) is 0.236. The lowest BCUT2D eigenvalue weighted by molar-refractivity contribution is 0.0234. The highest BCUT2D eigenvalue weighted by Crippen LogP contribution is 2.48. The minimum absolute atomic E-state index is 0.191. The molecule has 0 radical (unpaired) electrons. The van der Waals surface area contributed by atoms with Crippen molar-refractivity contribution in [2.75, 3.05) is 5.06 Å². The molecule has 0 fully saturated rings. The maximum absolute atomic E-state index is 6.85. The maximum Gasteiger partial charge on any atom is 0.143 e. The Bertz CT molecular complexity index is 1410. The van der Waals surface area contributed by atoms with Crippen LogP contribution in [0.4, 0.5) is 5.69 Å². The zero-order chi connectivity index (χ0) is 23.8. The smallest absolute Gasteiger partial charge is 0.143 e. The summed E-state index contributed by atoms with van der Waals surface area (Å²) in [6, 6.07) is 32.4. The van der Waals surface area contributed by atoms with Gasteiger partial charge in [0.05, 0.1) is 12.0 Å². The van der Waals surface area contributed by atoms with E-state index in [1.54, 1.807) is 6.26 Å². The number of nitrogens with zero attached hydrogens (tertiary/aromatic N) is 1. The van der Waals surface area contributed by atoms with Crippen molar-refractivity contribution in [2.24, 2.45) is 0 Å². The van der Waals surface area contributed by atoms with Crippen LogP contribution in [0.25, 0.3) is 11.3 Å². The Hall–Kier alpha value is -3.54. The van der Waals surface area contributed by atoms with E-state index in [0.717, 1.165) is 49.7 Å². The summed E-state index contributed by atoms with van der Waals surface area (Å²) in [5.41, 5.74) is 5.30. The second-order valence-electron chi connectivity index (χ2n) is 8.67. The van der Waals surface area contributed by atoms with Crippen LogP contribution in [0.2, 0.25) is 0 Å². The molecule has 174 valence electrons. The first-order valence-electron chi connectivity index (χ1n) is 11.7. The zero-order valence-corrected chi connectivity index (χ0v) is 20.8. The predicted molar refractivity (Wildman–Crippen MR) is 140 cm³/mol. The summed E-state index contributed by atoms with van der Waals surface area (Å²) in [4.78, 5) is 6.85. The highest BCUT2D eigenvalue weighted by Gasteiger charge is 2.39. The minimum Gasteiger partial charge on any atom is -0.467 e. The Balaban J connectivity index is 1.61. The summed E-state index contributed by atoms with van der Waals surface area (Å²) in [5, 5.41) is 1.99. The summed E-state index contributed by atoms with van der Waals surface area (Å²) in [6.45, 7) is 2.04. The van der Waals surface area contributed by atoms with Crippen molar-refractivity contribution < 1.29 is 13.7 Å². The minimum atomic E-state index is -0.327. The lowest BCUT2D eigenvalue weighted by Crippen LogP contribution is -2.30. The number of anilines is 1. The first-order valence-corrected chi connectivity index (χ1v) is 12.5. The number of fused-ring (bicyclic) bond motifs is 1. The van der Waals surface area contributed by atoms with Gasteiger partial charge in [0.25, 0.3) is 0 Å². The van der Waals surface area contributed by atoms with Gasteiger partial charge in [0.2, 0.25) is 0 Å². The van der Waals surface area contributed by atoms with E-state index in [0.29, 0.717) is 6.42 Å². The standard InChI is InChI=1S/C30H24BrNO3/c1-20-25-19-27(21-9-4-2-5-10-21)35-32(24-11-6-3-7-12-24)29(26-13-8-18-33-26)28(25)30(34-20)22-14-16-23(31)17-15-22/h2-18,27,29H,19H2,1H3/t27-,29-/m1/s1. The van der Waals surface area contributed by atoms with Crippen molar-refractivity contribution in [1.29, 1.82) is 0 Å². The van der Waals surface area contributed by atoms with Crippen LogP contribution in [0.15, 0.2) is 117 Å². The molecule has 5 heteroatoms. The summed E-state index contributed by atoms with van der Waals surface area (Å²) < 4.78 is 13.6. The van der Waals surface area contributed by atoms with Gasteiger partial charge in [-0.25, -0.2) is 5.06 Å². The van der Waals surface area contributed by atoms with Crippen LogP contribution in [0.5, 0.6) is 0 Å². The molecular formula is C30H24BrNO3. The summed E-state index contributed by atoms with van der Waals surface area (Å²) in [5.74, 6) is 2.53. The van der Waals surface area contributed by atoms with Crippen molar-refractivity contribution in [3.63, 3.8) is 0 Å². The highest BCUT2D eigenvalue weighted by atomic mass is 79.9. The van der Waals surface area contributed by atoms with Gasteiger partial charge in [0, 0.05) is 27.6 Å². The molecule has 0 bridgehead atoms. The average molecular weight is 526 g/mol. The Morgan fingerprint density at radius 3 is 2.23 bits per heavy atom. The Morgan fingerprint density at radius 1 is 0.829 bits per heavy atom. The first-order chi connectivity index (χ1) is 17.2. The lowest BCUT2D eigenvalue weighted by Gasteiger charge is -2.32. The molecule has 0 saturated carbocycles. The number of furan rings is 2. The highest BCUT2D eigenvalue weighted by molar-refractivity contribution is 9.10. The summed E-state index contributed by atoms with van der Waals surface area (Å²) >= 11 is 3.55. The number of benzene rings is 3. The number of rotatable bonds is 4. The Labute approximate surface area is 212 Å². The van der Waals surface area contributed by atoms with Crippen molar-refractivity contribution in [3.8, 4) is 11.3 Å². The van der Waals surface area contributed by atoms with Crippen molar-refractivity contribution in [3.05, 3.63) is 136 Å². The van der Waals surface area contributed by atoms with Gasteiger partial charge in [-0.15, -0.1) is 0 Å². The average Bonchev–Trinajstić information content (AvgIpc) is 3.49. The molecule has 1 aliphatic rings. The first kappa shape index (κ1) is 22.0. The van der Waals surface area contributed by atoms with Gasteiger partial charge in [-0.2, -0.15) is 0 Å². The van der Waals surface area contributed by atoms with Crippen LogP contribution in [-0.4, -0.2) is 0 Å². The third-order valence-corrected chi connectivity index (χ3v) is 7.02. The molecule has 0 saturated heterocycles. The zero-order valence-electron chi connectivity index (χ0n) is 19.2. The summed E-state index contributed by atoms with van der Waals surface area (Å²) in [6.07, 6.45) is 2.21. The predicted octanol–water partition coefficient (Wildman–Crippen LogP) is 8.44. The molecule has 2 aromatic heterocycles. The molecule has 35 heavy (non-hydrogen) atoms. The van der Waals surface area contributed by atoms with E-state index in [2.05, 4.69) is 64.5 Å². The summed E-state index contributed by atoms with van der Waals surface area (Å²) in [7, 11) is 0. The molecule has 0 N–H and O–H groups in total. The van der Waals surface area contributed by atoms with E-state index >= 15 is 0 Å². The molecule has 4 nitrogen and oxygen atoms in total. The van der Waals surface area contributed by atoms with Gasteiger partial charge in [0.15, 0.2) is 0 Å². The topological polar surface area (TPSA) is 38.8 Å². The molecule has 1 aliphatic heterocycles. The van der Waals surface area contributed by atoms with Crippen molar-refractivity contribution >= 4 is 21.6 Å². The van der Waals surface area contributed by atoms with Crippen molar-refractivity contribution in [2.45, 2.75) is 25.5 Å². The van der Waals surface area contributed by atoms with E-state index in [-0.39, 0.29) is 12.1 Å². The fourth-order valence-electron chi connectivity index (χ4n) is 4.83. The van der Waals surface area contributed by atoms with Gasteiger partial charge in [-0.05, 0) is 48.9 Å². The SMILES string of the molecule is Cc1oc(-c2ccc(Br)cc2)c2c1C[C@H](c1ccccc1)ON(c1ccccc1)[C@@H]2c1ccco1. The van der Waals surface area contributed by atoms with E-state index in [9.17, 15) is 0 Å². The van der Waals surface area contributed by atoms with Crippen LogP contribution >= 0.6 is 15.9 Å². The number of para-hydroxylation sites is 1. The molecule has 3 aromatic carbocycles. The largest absolute Gasteiger partial charge is 0.467 e. The van der Waals surface area contributed by atoms with E-state index in [1.165, 1.54) is 0 Å². The lowest BCUT2D eigenvalue weighted by atomic mass is 9.92. The molecule has 0 spiro atoms. The van der Waals surface area contributed by atoms with Gasteiger partial charge in [-0.3, -0.25) is 4.84 Å². The van der Waals surface area contributed by atoms with Gasteiger partial charge < -0.3 is 8.83 Å². The Kier molecular flexibility index (Phi) is 5.80. The third kappa shape index (κ3) is 4.11. The second-order valence-corrected chi connectivity index (χ2v) is 9.59. The molecule has 0 amide bonds. The van der Waals surface area contributed by atoms with E-state index < -0.39 is 0 Å². The van der Waals surface area contributed by atoms with E-state index in [1.807, 2.05) is 60.5 Å². The van der Waals surface area contributed by atoms with Crippen LogP contribution in [0, 0.1) is 6.92 Å². The van der Waals surface area contributed by atoms with E-state index in [4.69, 9.17) is 13.7 Å². The third-order valence-electron chi connectivity index (χ3n) is 6.49. The molecule has 0 unspecified atom stereocenters. The normalized spacial score (nSPS) is 17.7. The van der Waals surface area contributed by atoms with Crippen molar-refractivity contribution in [1.82, 2.24) is 0 Å². The van der Waals surface area contributed by atoms with Gasteiger partial charge in [-0.1, -0.05) is 76.6 Å². The van der Waals surface area contributed by atoms with Crippen LogP contribution in [-0.2, 0) is 11.3 Å². The maximum atomic E-state index is 6.85. The number of hydrogen-bond donors (Lipinski definition) is 0. The van der Waals surface area contributed by atoms with Crippen LogP contribution in [0.1, 0.15) is 40.4 Å². The van der Waals surface area contributed by atoms with Crippen LogP contribution in [0.3, 0.4) is 0 Å². The molecule has 2 atom stereocenters. The Morgan fingerprint density at radius 2 is 1.54 bits per heavy atom. The molecule has 0 aliphatic carbocycles. The molecular weight excluding hydrogens is 502 g/mol. The van der Waals surface area contributed by atoms with Gasteiger partial charge >= 0.3 is 0 Å². The number of hydrogen-bond acceptors (Lipinski definition) is 4. The molecule has 5 aromatic rings. The van der Waals surface area contributed by atoms with Crippen LogP contribution < -0.4 is 5.06 Å². The monoisotopic (exact) mass is 525 g/mol. The molecule has 3 heterocycles. The fourth-order valence-corrected chi connectivity index (χ4v) is 5.09.